The molecule has 0 radical (unpaired) electrons. The molecule has 4 nitrogen and oxygen atoms in total. The van der Waals surface area contributed by atoms with E-state index in [0.29, 0.717) is 0 Å². The van der Waals surface area contributed by atoms with Crippen molar-refractivity contribution in [1.29, 1.82) is 0 Å². The van der Waals surface area contributed by atoms with E-state index in [9.17, 15) is 0 Å². The molecule has 0 unspecified atom stereocenters. The Labute approximate surface area is 115 Å². The minimum absolute atomic E-state index is 1.12. The lowest BCUT2D eigenvalue weighted by atomic mass is 10.4. The van der Waals surface area contributed by atoms with Gasteiger partial charge in [-0.25, -0.2) is 0 Å². The van der Waals surface area contributed by atoms with E-state index < -0.39 is 34.2 Å². The van der Waals surface area contributed by atoms with E-state index in [1.54, 1.807) is 0 Å². The first-order valence-corrected chi connectivity index (χ1v) is 17.5. The normalized spacial score (nSPS) is 33.0. The van der Waals surface area contributed by atoms with Crippen LogP contribution >= 0.6 is 0 Å². The molecule has 2 rings (SSSR count). The van der Waals surface area contributed by atoms with Gasteiger partial charge in [-0.3, -0.25) is 0 Å². The van der Waals surface area contributed by atoms with Crippen molar-refractivity contribution in [3.8, 4) is 0 Å². The largest absolute Gasteiger partial charge is 0.416 e. The van der Waals surface area contributed by atoms with E-state index in [0.717, 1.165) is 12.1 Å². The average molecular weight is 323 g/mol. The highest BCUT2D eigenvalue weighted by molar-refractivity contribution is 6.93. The zero-order valence-electron chi connectivity index (χ0n) is 12.5. The maximum absolute atomic E-state index is 6.52. The second-order valence-corrected chi connectivity index (χ2v) is 21.2. The summed E-state index contributed by atoms with van der Waals surface area (Å²) in [5, 5.41) is 0. The smallest absolute Gasteiger partial charge is 0.320 e. The Kier molecular flexibility index (Phi) is 3.88. The highest BCUT2D eigenvalue weighted by atomic mass is 28.5. The molecule has 0 saturated carbocycles. The summed E-state index contributed by atoms with van der Waals surface area (Å²) in [7, 11) is -8.38. The lowest BCUT2D eigenvalue weighted by Crippen LogP contribution is -2.65. The third-order valence-electron chi connectivity index (χ3n) is 3.21. The summed E-state index contributed by atoms with van der Waals surface area (Å²) >= 11 is 0. The standard InChI is InChI=1S/C10H26O4Si4/c1-15(2)11-16(3,4)13-18(9-7-8-10-18)14-17(5,6)12-15/h7-10H2,1-6H3. The lowest BCUT2D eigenvalue weighted by molar-refractivity contribution is 0.234. The summed E-state index contributed by atoms with van der Waals surface area (Å²) in [6.07, 6.45) is 2.48. The molecule has 2 fully saturated rings. The summed E-state index contributed by atoms with van der Waals surface area (Å²) < 4.78 is 25.7. The van der Waals surface area contributed by atoms with Gasteiger partial charge in [-0.2, -0.15) is 0 Å². The third kappa shape index (κ3) is 3.63. The molecule has 0 bridgehead atoms. The van der Waals surface area contributed by atoms with Gasteiger partial charge in [0.2, 0.25) is 0 Å². The van der Waals surface area contributed by atoms with Gasteiger partial charge in [0.15, 0.2) is 0 Å². The Morgan fingerprint density at radius 2 is 0.889 bits per heavy atom. The Morgan fingerprint density at radius 3 is 1.28 bits per heavy atom. The van der Waals surface area contributed by atoms with Crippen molar-refractivity contribution in [2.75, 3.05) is 0 Å². The number of hydrogen-bond donors (Lipinski definition) is 0. The fourth-order valence-corrected chi connectivity index (χ4v) is 25.5. The molecule has 2 heterocycles. The van der Waals surface area contributed by atoms with Crippen LogP contribution < -0.4 is 0 Å². The van der Waals surface area contributed by atoms with Crippen LogP contribution in [0.2, 0.25) is 51.4 Å². The Hall–Kier alpha value is 0.708. The fraction of sp³-hybridized carbons (Fsp3) is 1.00. The first-order valence-electron chi connectivity index (χ1n) is 6.84. The lowest BCUT2D eigenvalue weighted by Gasteiger charge is -2.47. The molecular weight excluding hydrogens is 296 g/mol. The van der Waals surface area contributed by atoms with Gasteiger partial charge in [0, 0.05) is 0 Å². The van der Waals surface area contributed by atoms with Crippen LogP contribution in [0.5, 0.6) is 0 Å². The Bertz CT molecular complexity index is 302. The summed E-state index contributed by atoms with van der Waals surface area (Å²) in [6, 6.07) is 2.24. The molecule has 0 atom stereocenters. The van der Waals surface area contributed by atoms with Gasteiger partial charge in [-0.05, 0) is 51.4 Å². The maximum atomic E-state index is 6.52. The van der Waals surface area contributed by atoms with Crippen LogP contribution in [0.3, 0.4) is 0 Å². The second-order valence-electron chi connectivity index (χ2n) is 6.73. The minimum Gasteiger partial charge on any atom is -0.416 e. The molecular formula is C10H26O4Si4. The van der Waals surface area contributed by atoms with Crippen molar-refractivity contribution in [2.45, 2.75) is 64.2 Å². The summed E-state index contributed by atoms with van der Waals surface area (Å²) in [4.78, 5) is 0. The van der Waals surface area contributed by atoms with Crippen molar-refractivity contribution in [3.05, 3.63) is 0 Å². The van der Waals surface area contributed by atoms with Crippen molar-refractivity contribution >= 4 is 34.2 Å². The van der Waals surface area contributed by atoms with E-state index in [4.69, 9.17) is 16.5 Å². The molecule has 8 heteroatoms. The van der Waals surface area contributed by atoms with Crippen LogP contribution in [0.4, 0.5) is 0 Å². The van der Waals surface area contributed by atoms with Crippen LogP contribution in [0.25, 0.3) is 0 Å². The molecule has 2 aliphatic heterocycles. The SMILES string of the molecule is C[Si]1(C)O[Si](C)(C)O[Si]2(CCCC2)O[Si](C)(C)O1. The van der Waals surface area contributed by atoms with Crippen LogP contribution in [-0.4, -0.2) is 34.2 Å². The van der Waals surface area contributed by atoms with Gasteiger partial charge in [0.1, 0.15) is 0 Å². The molecule has 0 aromatic heterocycles. The maximum Gasteiger partial charge on any atom is 0.320 e. The molecule has 0 aromatic carbocycles. The molecule has 106 valence electrons. The van der Waals surface area contributed by atoms with Crippen molar-refractivity contribution in [2.24, 2.45) is 0 Å². The molecule has 0 amide bonds. The predicted octanol–water partition coefficient (Wildman–Crippen LogP) is 3.41. The first kappa shape index (κ1) is 15.1. The van der Waals surface area contributed by atoms with Crippen molar-refractivity contribution in [3.63, 3.8) is 0 Å². The average Bonchev–Trinajstić information content (AvgIpc) is 2.42. The summed E-state index contributed by atoms with van der Waals surface area (Å²) in [5.74, 6) is 0. The molecule has 0 aliphatic carbocycles. The topological polar surface area (TPSA) is 36.9 Å². The quantitative estimate of drug-likeness (QED) is 0.641. The molecule has 2 aliphatic rings. The zero-order chi connectivity index (χ0) is 13.7. The van der Waals surface area contributed by atoms with Crippen LogP contribution in [0.15, 0.2) is 0 Å². The van der Waals surface area contributed by atoms with E-state index in [1.165, 1.54) is 12.8 Å². The van der Waals surface area contributed by atoms with E-state index in [1.807, 2.05) is 0 Å². The second kappa shape index (κ2) is 4.62. The molecule has 0 aromatic rings. The van der Waals surface area contributed by atoms with Gasteiger partial charge >= 0.3 is 34.2 Å². The van der Waals surface area contributed by atoms with Gasteiger partial charge in [-0.15, -0.1) is 0 Å². The first-order chi connectivity index (χ1) is 8.04. The van der Waals surface area contributed by atoms with Crippen molar-refractivity contribution in [1.82, 2.24) is 0 Å². The summed E-state index contributed by atoms with van der Waals surface area (Å²) in [6.45, 7) is 12.8. The third-order valence-corrected chi connectivity index (χ3v) is 20.2. The minimum atomic E-state index is -2.12. The van der Waals surface area contributed by atoms with Crippen molar-refractivity contribution < 1.29 is 16.5 Å². The highest BCUT2D eigenvalue weighted by Gasteiger charge is 2.55. The van der Waals surface area contributed by atoms with E-state index >= 15 is 0 Å². The molecule has 18 heavy (non-hydrogen) atoms. The highest BCUT2D eigenvalue weighted by Crippen LogP contribution is 2.39. The molecule has 2 saturated heterocycles. The van der Waals surface area contributed by atoms with Gasteiger partial charge < -0.3 is 16.5 Å². The van der Waals surface area contributed by atoms with Gasteiger partial charge in [-0.1, -0.05) is 12.8 Å². The number of hydrogen-bond acceptors (Lipinski definition) is 4. The molecule has 0 N–H and O–H groups in total. The zero-order valence-corrected chi connectivity index (χ0v) is 16.5. The van der Waals surface area contributed by atoms with E-state index in [-0.39, 0.29) is 0 Å². The number of rotatable bonds is 0. The van der Waals surface area contributed by atoms with Crippen LogP contribution in [0.1, 0.15) is 12.8 Å². The monoisotopic (exact) mass is 322 g/mol. The van der Waals surface area contributed by atoms with Crippen LogP contribution in [0, 0.1) is 0 Å². The van der Waals surface area contributed by atoms with Gasteiger partial charge in [0.25, 0.3) is 0 Å². The Morgan fingerprint density at radius 1 is 0.556 bits per heavy atom. The fourth-order valence-electron chi connectivity index (χ4n) is 3.28. The Balaban J connectivity index is 2.27. The predicted molar refractivity (Wildman–Crippen MR) is 81.4 cm³/mol. The molecule has 1 spiro atoms. The summed E-state index contributed by atoms with van der Waals surface area (Å²) in [5.41, 5.74) is 0. The van der Waals surface area contributed by atoms with Gasteiger partial charge in [0.05, 0.1) is 0 Å². The van der Waals surface area contributed by atoms with Crippen LogP contribution in [-0.2, 0) is 16.5 Å². The van der Waals surface area contributed by atoms with E-state index in [2.05, 4.69) is 39.3 Å².